The highest BCUT2D eigenvalue weighted by atomic mass is 35.5. The fraction of sp³-hybridized carbons (Fsp3) is 0.692. The van der Waals surface area contributed by atoms with Gasteiger partial charge in [-0.05, 0) is 12.8 Å². The molecule has 3 nitrogen and oxygen atoms in total. The van der Waals surface area contributed by atoms with Crippen LogP contribution in [0.1, 0.15) is 38.6 Å². The van der Waals surface area contributed by atoms with E-state index in [9.17, 15) is 0 Å². The van der Waals surface area contributed by atoms with Crippen molar-refractivity contribution in [3.63, 3.8) is 0 Å². The molecular weight excluding hydrogens is 234 g/mol. The molecule has 0 aliphatic rings. The Morgan fingerprint density at radius 2 is 1.94 bits per heavy atom. The molecule has 1 aromatic heterocycles. The molecule has 0 aliphatic carbocycles. The van der Waals surface area contributed by atoms with E-state index >= 15 is 0 Å². The SMILES string of the molecule is CCc1nc(Cl)c(C)c(N(C)CC(C)CC)n1. The highest BCUT2D eigenvalue weighted by Gasteiger charge is 2.13. The van der Waals surface area contributed by atoms with Crippen molar-refractivity contribution in [3.05, 3.63) is 16.5 Å². The quantitative estimate of drug-likeness (QED) is 0.755. The molecule has 1 unspecified atom stereocenters. The van der Waals surface area contributed by atoms with Crippen molar-refractivity contribution in [1.82, 2.24) is 9.97 Å². The van der Waals surface area contributed by atoms with Gasteiger partial charge in [0.2, 0.25) is 0 Å². The molecule has 0 aromatic carbocycles. The van der Waals surface area contributed by atoms with Gasteiger partial charge in [0, 0.05) is 25.6 Å². The van der Waals surface area contributed by atoms with Gasteiger partial charge in [-0.25, -0.2) is 9.97 Å². The van der Waals surface area contributed by atoms with Gasteiger partial charge in [0.1, 0.15) is 16.8 Å². The molecule has 1 atom stereocenters. The number of nitrogens with zero attached hydrogens (tertiary/aromatic N) is 3. The van der Waals surface area contributed by atoms with Crippen LogP contribution in [0.15, 0.2) is 0 Å². The van der Waals surface area contributed by atoms with E-state index in [2.05, 4.69) is 35.8 Å². The zero-order valence-corrected chi connectivity index (χ0v) is 12.2. The maximum absolute atomic E-state index is 6.13. The van der Waals surface area contributed by atoms with Gasteiger partial charge in [0.15, 0.2) is 0 Å². The van der Waals surface area contributed by atoms with Crippen LogP contribution >= 0.6 is 11.6 Å². The van der Waals surface area contributed by atoms with Crippen LogP contribution in [0.5, 0.6) is 0 Å². The molecule has 0 radical (unpaired) electrons. The van der Waals surface area contributed by atoms with Gasteiger partial charge < -0.3 is 4.90 Å². The molecule has 1 aromatic rings. The number of hydrogen-bond acceptors (Lipinski definition) is 3. The Labute approximate surface area is 109 Å². The Hall–Kier alpha value is -0.830. The van der Waals surface area contributed by atoms with Crippen LogP contribution in [0.25, 0.3) is 0 Å². The molecule has 17 heavy (non-hydrogen) atoms. The number of rotatable bonds is 5. The van der Waals surface area contributed by atoms with Gasteiger partial charge in [-0.2, -0.15) is 0 Å². The lowest BCUT2D eigenvalue weighted by molar-refractivity contribution is 0.556. The highest BCUT2D eigenvalue weighted by molar-refractivity contribution is 6.30. The minimum atomic E-state index is 0.572. The van der Waals surface area contributed by atoms with Crippen molar-refractivity contribution in [2.24, 2.45) is 5.92 Å². The van der Waals surface area contributed by atoms with E-state index in [-0.39, 0.29) is 0 Å². The molecule has 0 spiro atoms. The summed E-state index contributed by atoms with van der Waals surface area (Å²) in [6.45, 7) is 9.46. The first-order chi connectivity index (χ1) is 7.99. The van der Waals surface area contributed by atoms with E-state index < -0.39 is 0 Å². The fourth-order valence-electron chi connectivity index (χ4n) is 1.73. The molecule has 0 fully saturated rings. The van der Waals surface area contributed by atoms with E-state index in [0.717, 1.165) is 30.2 Å². The summed E-state index contributed by atoms with van der Waals surface area (Å²) in [4.78, 5) is 11.0. The Morgan fingerprint density at radius 1 is 1.29 bits per heavy atom. The molecule has 1 heterocycles. The number of aryl methyl sites for hydroxylation is 1. The second kappa shape index (κ2) is 6.20. The Bertz CT molecular complexity index is 379. The van der Waals surface area contributed by atoms with Crippen molar-refractivity contribution in [3.8, 4) is 0 Å². The molecular formula is C13H22ClN3. The van der Waals surface area contributed by atoms with Crippen LogP contribution in [-0.4, -0.2) is 23.6 Å². The smallest absolute Gasteiger partial charge is 0.137 e. The van der Waals surface area contributed by atoms with Crippen LogP contribution in [0.2, 0.25) is 5.15 Å². The zero-order valence-electron chi connectivity index (χ0n) is 11.4. The largest absolute Gasteiger partial charge is 0.359 e. The topological polar surface area (TPSA) is 29.0 Å². The summed E-state index contributed by atoms with van der Waals surface area (Å²) in [5.41, 5.74) is 0.967. The number of anilines is 1. The van der Waals surface area contributed by atoms with Crippen LogP contribution in [-0.2, 0) is 6.42 Å². The molecule has 96 valence electrons. The maximum Gasteiger partial charge on any atom is 0.137 e. The molecule has 0 bridgehead atoms. The normalized spacial score (nSPS) is 12.6. The minimum absolute atomic E-state index is 0.572. The number of hydrogen-bond donors (Lipinski definition) is 0. The van der Waals surface area contributed by atoms with Gasteiger partial charge in [0.25, 0.3) is 0 Å². The number of aromatic nitrogens is 2. The summed E-state index contributed by atoms with van der Waals surface area (Å²) in [6.07, 6.45) is 1.98. The first-order valence-electron chi connectivity index (χ1n) is 6.23. The van der Waals surface area contributed by atoms with Gasteiger partial charge in [-0.1, -0.05) is 38.8 Å². The van der Waals surface area contributed by atoms with Crippen LogP contribution in [0, 0.1) is 12.8 Å². The molecule has 0 amide bonds. The van der Waals surface area contributed by atoms with Crippen molar-refractivity contribution < 1.29 is 0 Å². The molecule has 1 rings (SSSR count). The molecule has 0 saturated heterocycles. The molecule has 0 aliphatic heterocycles. The Kier molecular flexibility index (Phi) is 5.19. The van der Waals surface area contributed by atoms with E-state index in [4.69, 9.17) is 11.6 Å². The first kappa shape index (κ1) is 14.2. The van der Waals surface area contributed by atoms with Gasteiger partial charge in [-0.15, -0.1) is 0 Å². The average Bonchev–Trinajstić information content (AvgIpc) is 2.31. The fourth-order valence-corrected chi connectivity index (χ4v) is 1.92. The van der Waals surface area contributed by atoms with Crippen molar-refractivity contribution in [2.45, 2.75) is 40.5 Å². The maximum atomic E-state index is 6.13. The zero-order chi connectivity index (χ0) is 13.0. The lowest BCUT2D eigenvalue weighted by Crippen LogP contribution is -2.26. The van der Waals surface area contributed by atoms with Crippen molar-refractivity contribution in [2.75, 3.05) is 18.5 Å². The summed E-state index contributed by atoms with van der Waals surface area (Å²) in [5.74, 6) is 2.42. The van der Waals surface area contributed by atoms with Crippen LogP contribution in [0.3, 0.4) is 0 Å². The Morgan fingerprint density at radius 3 is 2.47 bits per heavy atom. The second-order valence-electron chi connectivity index (χ2n) is 4.63. The van der Waals surface area contributed by atoms with Crippen molar-refractivity contribution >= 4 is 17.4 Å². The average molecular weight is 256 g/mol. The summed E-state index contributed by atoms with van der Waals surface area (Å²) >= 11 is 6.13. The van der Waals surface area contributed by atoms with E-state index in [0.29, 0.717) is 11.1 Å². The third kappa shape index (κ3) is 3.56. The van der Waals surface area contributed by atoms with Crippen molar-refractivity contribution in [1.29, 1.82) is 0 Å². The number of halogens is 1. The monoisotopic (exact) mass is 255 g/mol. The lowest BCUT2D eigenvalue weighted by atomic mass is 10.1. The summed E-state index contributed by atoms with van der Waals surface area (Å²) in [6, 6.07) is 0. The first-order valence-corrected chi connectivity index (χ1v) is 6.61. The minimum Gasteiger partial charge on any atom is -0.359 e. The third-order valence-corrected chi connectivity index (χ3v) is 3.44. The molecule has 4 heteroatoms. The Balaban J connectivity index is 2.99. The second-order valence-corrected chi connectivity index (χ2v) is 4.98. The van der Waals surface area contributed by atoms with E-state index in [1.54, 1.807) is 0 Å². The summed E-state index contributed by atoms with van der Waals surface area (Å²) < 4.78 is 0. The summed E-state index contributed by atoms with van der Waals surface area (Å²) in [7, 11) is 2.07. The van der Waals surface area contributed by atoms with Gasteiger partial charge in [0.05, 0.1) is 0 Å². The predicted molar refractivity (Wildman–Crippen MR) is 73.9 cm³/mol. The van der Waals surface area contributed by atoms with E-state index in [1.807, 2.05) is 13.8 Å². The van der Waals surface area contributed by atoms with Crippen LogP contribution < -0.4 is 4.90 Å². The summed E-state index contributed by atoms with van der Waals surface area (Å²) in [5, 5.41) is 0.572. The standard InChI is InChI=1S/C13H22ClN3/c1-6-9(3)8-17(5)13-10(4)12(14)15-11(7-2)16-13/h9H,6-8H2,1-5H3. The van der Waals surface area contributed by atoms with E-state index in [1.165, 1.54) is 6.42 Å². The van der Waals surface area contributed by atoms with Crippen LogP contribution in [0.4, 0.5) is 5.82 Å². The van der Waals surface area contributed by atoms with Gasteiger partial charge in [-0.3, -0.25) is 0 Å². The third-order valence-electron chi connectivity index (χ3n) is 3.07. The highest BCUT2D eigenvalue weighted by Crippen LogP contribution is 2.23. The molecule has 0 N–H and O–H groups in total. The molecule has 0 saturated carbocycles. The lowest BCUT2D eigenvalue weighted by Gasteiger charge is -2.24. The predicted octanol–water partition coefficient (Wildman–Crippen LogP) is 3.48. The van der Waals surface area contributed by atoms with Gasteiger partial charge >= 0.3 is 0 Å².